The normalized spacial score (nSPS) is 14.6. The van der Waals surface area contributed by atoms with Crippen LogP contribution in [0.2, 0.25) is 0 Å². The van der Waals surface area contributed by atoms with Gasteiger partial charge in [-0.15, -0.1) is 0 Å². The number of amides is 1. The summed E-state index contributed by atoms with van der Waals surface area (Å²) < 4.78 is 15.9. The smallest absolute Gasteiger partial charge is 0.260 e. The topological polar surface area (TPSA) is 80.9 Å². The molecule has 0 spiro atoms. The molecule has 1 aliphatic heterocycles. The van der Waals surface area contributed by atoms with Crippen molar-refractivity contribution in [3.8, 4) is 5.75 Å². The molecule has 3 rings (SSSR count). The van der Waals surface area contributed by atoms with E-state index in [1.165, 1.54) is 0 Å². The fraction of sp³-hybridized carbons (Fsp3) is 0.526. The molecule has 0 saturated carbocycles. The van der Waals surface area contributed by atoms with Gasteiger partial charge in [-0.3, -0.25) is 9.69 Å². The van der Waals surface area contributed by atoms with Crippen LogP contribution in [-0.2, 0) is 22.6 Å². The lowest BCUT2D eigenvalue weighted by molar-refractivity contribution is -0.137. The number of benzene rings is 1. The second-order valence-electron chi connectivity index (χ2n) is 6.46. The van der Waals surface area contributed by atoms with Crippen molar-refractivity contribution >= 4 is 5.91 Å². The van der Waals surface area contributed by atoms with Crippen molar-refractivity contribution in [2.45, 2.75) is 26.9 Å². The van der Waals surface area contributed by atoms with Crippen molar-refractivity contribution in [1.82, 2.24) is 19.9 Å². The van der Waals surface area contributed by atoms with E-state index >= 15 is 0 Å². The Balaban J connectivity index is 1.48. The first-order valence-corrected chi connectivity index (χ1v) is 9.23. The maximum absolute atomic E-state index is 12.1. The van der Waals surface area contributed by atoms with Crippen molar-refractivity contribution in [2.24, 2.45) is 0 Å². The van der Waals surface area contributed by atoms with E-state index in [0.29, 0.717) is 50.3 Å². The van der Waals surface area contributed by atoms with Crippen LogP contribution in [0.5, 0.6) is 5.75 Å². The van der Waals surface area contributed by atoms with Gasteiger partial charge in [-0.1, -0.05) is 24.2 Å². The van der Waals surface area contributed by atoms with Crippen LogP contribution in [0.1, 0.15) is 24.2 Å². The summed E-state index contributed by atoms with van der Waals surface area (Å²) in [5, 5.41) is 3.95. The van der Waals surface area contributed by atoms with Crippen molar-refractivity contribution < 1.29 is 18.8 Å². The highest BCUT2D eigenvalue weighted by Gasteiger charge is 2.17. The Bertz CT molecular complexity index is 726. The molecule has 1 amide bonds. The fourth-order valence-electron chi connectivity index (χ4n) is 2.88. The zero-order valence-electron chi connectivity index (χ0n) is 15.9. The van der Waals surface area contributed by atoms with Gasteiger partial charge in [0.2, 0.25) is 5.89 Å². The number of nitrogens with zero attached hydrogens (tertiary/aromatic N) is 4. The van der Waals surface area contributed by atoms with Crippen molar-refractivity contribution in [2.75, 3.05) is 39.5 Å². The van der Waals surface area contributed by atoms with Gasteiger partial charge < -0.3 is 18.9 Å². The van der Waals surface area contributed by atoms with Gasteiger partial charge in [0.1, 0.15) is 5.75 Å². The van der Waals surface area contributed by atoms with E-state index in [2.05, 4.69) is 22.0 Å². The van der Waals surface area contributed by atoms with Crippen LogP contribution in [0.15, 0.2) is 28.8 Å². The monoisotopic (exact) mass is 374 g/mol. The third-order valence-corrected chi connectivity index (χ3v) is 4.44. The number of morpholine rings is 1. The molecule has 146 valence electrons. The van der Waals surface area contributed by atoms with Gasteiger partial charge in [-0.25, -0.2) is 0 Å². The Morgan fingerprint density at radius 2 is 1.96 bits per heavy atom. The molecule has 0 atom stereocenters. The largest absolute Gasteiger partial charge is 0.484 e. The molecule has 2 aromatic rings. The number of aryl methyl sites for hydroxylation is 1. The minimum atomic E-state index is -0.00469. The van der Waals surface area contributed by atoms with E-state index < -0.39 is 0 Å². The molecule has 0 aliphatic carbocycles. The van der Waals surface area contributed by atoms with Crippen LogP contribution in [0, 0.1) is 6.92 Å². The molecule has 0 unspecified atom stereocenters. The van der Waals surface area contributed by atoms with Crippen LogP contribution < -0.4 is 4.74 Å². The Morgan fingerprint density at radius 1 is 1.22 bits per heavy atom. The fourth-order valence-corrected chi connectivity index (χ4v) is 2.88. The summed E-state index contributed by atoms with van der Waals surface area (Å²) >= 11 is 0. The highest BCUT2D eigenvalue weighted by Crippen LogP contribution is 2.15. The van der Waals surface area contributed by atoms with Gasteiger partial charge in [0.25, 0.3) is 5.91 Å². The minimum Gasteiger partial charge on any atom is -0.484 e. The van der Waals surface area contributed by atoms with Gasteiger partial charge in [0, 0.05) is 26.6 Å². The maximum atomic E-state index is 12.1. The highest BCUT2D eigenvalue weighted by atomic mass is 16.5. The second-order valence-corrected chi connectivity index (χ2v) is 6.46. The number of carbonyl (C=O) groups excluding carboxylic acids is 1. The Labute approximate surface area is 159 Å². The molecule has 1 aromatic heterocycles. The molecule has 0 bridgehead atoms. The Kier molecular flexibility index (Phi) is 6.78. The second kappa shape index (κ2) is 9.48. The van der Waals surface area contributed by atoms with Crippen molar-refractivity contribution in [1.29, 1.82) is 0 Å². The average Bonchev–Trinajstić information content (AvgIpc) is 3.12. The Hall–Kier alpha value is -2.45. The van der Waals surface area contributed by atoms with Crippen molar-refractivity contribution in [3.05, 3.63) is 41.5 Å². The van der Waals surface area contributed by atoms with Crippen LogP contribution >= 0.6 is 0 Å². The first kappa shape index (κ1) is 19.3. The molecule has 1 aromatic carbocycles. The van der Waals surface area contributed by atoms with Crippen LogP contribution in [0.25, 0.3) is 0 Å². The van der Waals surface area contributed by atoms with E-state index in [-0.39, 0.29) is 12.5 Å². The van der Waals surface area contributed by atoms with E-state index in [0.717, 1.165) is 18.7 Å². The molecular weight excluding hydrogens is 348 g/mol. The lowest BCUT2D eigenvalue weighted by Gasteiger charge is -2.26. The number of ether oxygens (including phenoxy) is 2. The third kappa shape index (κ3) is 5.77. The number of hydrogen-bond acceptors (Lipinski definition) is 7. The van der Waals surface area contributed by atoms with E-state index in [1.54, 1.807) is 11.8 Å². The highest BCUT2D eigenvalue weighted by molar-refractivity contribution is 5.77. The van der Waals surface area contributed by atoms with Crippen molar-refractivity contribution in [3.63, 3.8) is 0 Å². The maximum Gasteiger partial charge on any atom is 0.260 e. The number of aromatic nitrogens is 2. The summed E-state index contributed by atoms with van der Waals surface area (Å²) in [6.45, 7) is 8.68. The van der Waals surface area contributed by atoms with Gasteiger partial charge in [-0.05, 0) is 24.2 Å². The quantitative estimate of drug-likeness (QED) is 0.695. The van der Waals surface area contributed by atoms with Crippen LogP contribution in [0.4, 0.5) is 0 Å². The number of carbonyl (C=O) groups is 1. The molecule has 1 saturated heterocycles. The first-order valence-electron chi connectivity index (χ1n) is 9.23. The predicted octanol–water partition coefficient (Wildman–Crippen LogP) is 1.64. The van der Waals surface area contributed by atoms with E-state index in [4.69, 9.17) is 14.0 Å². The number of hydrogen-bond donors (Lipinski definition) is 0. The first-order chi connectivity index (χ1) is 13.1. The lowest BCUT2D eigenvalue weighted by Crippen LogP contribution is -2.42. The zero-order valence-corrected chi connectivity index (χ0v) is 15.9. The average molecular weight is 374 g/mol. The summed E-state index contributed by atoms with van der Waals surface area (Å²) in [4.78, 5) is 20.4. The summed E-state index contributed by atoms with van der Waals surface area (Å²) in [6.07, 6.45) is 0. The van der Waals surface area contributed by atoms with Crippen LogP contribution in [0.3, 0.4) is 0 Å². The SMILES string of the molecule is CCN(Cc1ccc(OCC(=O)N2CCOCC2)cc1)Cc1noc(C)n1. The molecule has 2 heterocycles. The molecule has 27 heavy (non-hydrogen) atoms. The molecule has 8 nitrogen and oxygen atoms in total. The number of rotatable bonds is 8. The van der Waals surface area contributed by atoms with Gasteiger partial charge >= 0.3 is 0 Å². The molecule has 0 radical (unpaired) electrons. The molecule has 0 N–H and O–H groups in total. The van der Waals surface area contributed by atoms with Gasteiger partial charge in [0.05, 0.1) is 19.8 Å². The van der Waals surface area contributed by atoms with Crippen LogP contribution in [-0.4, -0.2) is 65.3 Å². The standard InChI is InChI=1S/C19H26N4O4/c1-3-22(13-18-20-15(2)27-21-18)12-16-4-6-17(7-5-16)26-14-19(24)23-8-10-25-11-9-23/h4-7H,3,8-14H2,1-2H3. The molecule has 8 heteroatoms. The molecule has 1 aliphatic rings. The van der Waals surface area contributed by atoms with Gasteiger partial charge in [0.15, 0.2) is 12.4 Å². The Morgan fingerprint density at radius 3 is 2.59 bits per heavy atom. The third-order valence-electron chi connectivity index (χ3n) is 4.44. The summed E-state index contributed by atoms with van der Waals surface area (Å²) in [5.41, 5.74) is 1.16. The molecule has 1 fully saturated rings. The zero-order chi connectivity index (χ0) is 19.1. The molecular formula is C19H26N4O4. The van der Waals surface area contributed by atoms with Gasteiger partial charge in [-0.2, -0.15) is 4.98 Å². The lowest BCUT2D eigenvalue weighted by atomic mass is 10.2. The summed E-state index contributed by atoms with van der Waals surface area (Å²) in [6, 6.07) is 7.82. The summed E-state index contributed by atoms with van der Waals surface area (Å²) in [5.74, 6) is 1.96. The minimum absolute atomic E-state index is 0.00469. The van der Waals surface area contributed by atoms with E-state index in [9.17, 15) is 4.79 Å². The predicted molar refractivity (Wildman–Crippen MR) is 98.2 cm³/mol. The summed E-state index contributed by atoms with van der Waals surface area (Å²) in [7, 11) is 0. The van der Waals surface area contributed by atoms with E-state index in [1.807, 2.05) is 24.3 Å².